The molecule has 2 saturated carbocycles. The first-order valence-electron chi connectivity index (χ1n) is 8.20. The van der Waals surface area contributed by atoms with E-state index in [0.29, 0.717) is 23.7 Å². The van der Waals surface area contributed by atoms with Gasteiger partial charge in [-0.2, -0.15) is 0 Å². The summed E-state index contributed by atoms with van der Waals surface area (Å²) in [4.78, 5) is 11.0. The maximum absolute atomic E-state index is 11.0. The molecule has 3 heteroatoms. The molecular weight excluding hydrogens is 252 g/mol. The van der Waals surface area contributed by atoms with Gasteiger partial charge in [0.05, 0.1) is 0 Å². The summed E-state index contributed by atoms with van der Waals surface area (Å²) >= 11 is 0. The monoisotopic (exact) mass is 282 g/mol. The SMILES string of the molecule is CC(=O)O[C@@H](O)C[C@H]1[C@@H](C)CCC2[C@@H](C)CCC[C@@]21C. The van der Waals surface area contributed by atoms with Gasteiger partial charge in [-0.15, -0.1) is 0 Å². The molecule has 3 nitrogen and oxygen atoms in total. The maximum atomic E-state index is 11.0. The zero-order valence-electron chi connectivity index (χ0n) is 13.4. The molecule has 116 valence electrons. The van der Waals surface area contributed by atoms with E-state index in [2.05, 4.69) is 20.8 Å². The normalized spacial score (nSPS) is 42.6. The number of rotatable bonds is 3. The second kappa shape index (κ2) is 6.05. The number of aliphatic hydroxyl groups excluding tert-OH is 1. The third-order valence-corrected chi connectivity index (χ3v) is 6.13. The van der Waals surface area contributed by atoms with Crippen LogP contribution in [-0.4, -0.2) is 17.4 Å². The molecule has 0 aromatic heterocycles. The summed E-state index contributed by atoms with van der Waals surface area (Å²) in [5, 5.41) is 10.0. The minimum absolute atomic E-state index is 0.302. The van der Waals surface area contributed by atoms with Gasteiger partial charge in [0.2, 0.25) is 6.29 Å². The highest BCUT2D eigenvalue weighted by molar-refractivity contribution is 5.66. The Morgan fingerprint density at radius 3 is 2.65 bits per heavy atom. The van der Waals surface area contributed by atoms with Crippen LogP contribution in [0.15, 0.2) is 0 Å². The zero-order valence-corrected chi connectivity index (χ0v) is 13.4. The van der Waals surface area contributed by atoms with Crippen molar-refractivity contribution < 1.29 is 14.6 Å². The summed E-state index contributed by atoms with van der Waals surface area (Å²) in [6.07, 6.45) is 6.10. The van der Waals surface area contributed by atoms with Crippen LogP contribution in [0.3, 0.4) is 0 Å². The molecule has 0 aliphatic heterocycles. The number of aliphatic hydroxyl groups is 1. The van der Waals surface area contributed by atoms with E-state index in [4.69, 9.17) is 4.74 Å². The summed E-state index contributed by atoms with van der Waals surface area (Å²) in [6, 6.07) is 0. The first-order valence-corrected chi connectivity index (χ1v) is 8.20. The lowest BCUT2D eigenvalue weighted by Gasteiger charge is -2.55. The first-order chi connectivity index (χ1) is 9.34. The van der Waals surface area contributed by atoms with Gasteiger partial charge in [-0.1, -0.05) is 40.0 Å². The van der Waals surface area contributed by atoms with E-state index in [0.717, 1.165) is 11.8 Å². The van der Waals surface area contributed by atoms with Crippen molar-refractivity contribution in [1.82, 2.24) is 0 Å². The van der Waals surface area contributed by atoms with Crippen molar-refractivity contribution in [2.24, 2.45) is 29.1 Å². The average Bonchev–Trinajstić information content (AvgIpc) is 2.33. The van der Waals surface area contributed by atoms with Gasteiger partial charge in [0, 0.05) is 13.3 Å². The molecule has 6 atom stereocenters. The number of esters is 1. The van der Waals surface area contributed by atoms with Crippen molar-refractivity contribution in [3.05, 3.63) is 0 Å². The highest BCUT2D eigenvalue weighted by Crippen LogP contribution is 2.58. The highest BCUT2D eigenvalue weighted by Gasteiger charge is 2.50. The van der Waals surface area contributed by atoms with E-state index in [9.17, 15) is 9.90 Å². The molecule has 0 amide bonds. The molecule has 0 saturated heterocycles. The van der Waals surface area contributed by atoms with Gasteiger partial charge in [0.25, 0.3) is 0 Å². The minimum atomic E-state index is -0.937. The van der Waals surface area contributed by atoms with E-state index < -0.39 is 6.29 Å². The van der Waals surface area contributed by atoms with Crippen molar-refractivity contribution in [2.45, 2.75) is 72.5 Å². The minimum Gasteiger partial charge on any atom is -0.436 e. The molecule has 1 N–H and O–H groups in total. The van der Waals surface area contributed by atoms with Gasteiger partial charge < -0.3 is 9.84 Å². The summed E-state index contributed by atoms with van der Waals surface area (Å²) in [5.41, 5.74) is 0.302. The Bertz CT molecular complexity index is 354. The maximum Gasteiger partial charge on any atom is 0.304 e. The first kappa shape index (κ1) is 15.8. The summed E-state index contributed by atoms with van der Waals surface area (Å²) in [5.74, 6) is 2.22. The fourth-order valence-electron chi connectivity index (χ4n) is 5.17. The second-order valence-electron chi connectivity index (χ2n) is 7.44. The number of fused-ring (bicyclic) bond motifs is 1. The topological polar surface area (TPSA) is 46.5 Å². The Labute approximate surface area is 123 Å². The number of ether oxygens (including phenoxy) is 1. The van der Waals surface area contributed by atoms with Gasteiger partial charge >= 0.3 is 5.97 Å². The fourth-order valence-corrected chi connectivity index (χ4v) is 5.17. The number of hydrogen-bond acceptors (Lipinski definition) is 3. The third kappa shape index (κ3) is 3.03. The van der Waals surface area contributed by atoms with E-state index in [1.165, 1.54) is 39.0 Å². The van der Waals surface area contributed by atoms with Crippen LogP contribution in [0.4, 0.5) is 0 Å². The average molecular weight is 282 g/mol. The Morgan fingerprint density at radius 2 is 2.00 bits per heavy atom. The van der Waals surface area contributed by atoms with Gasteiger partial charge in [0.15, 0.2) is 0 Å². The molecule has 2 rings (SSSR count). The molecule has 0 spiro atoms. The zero-order chi connectivity index (χ0) is 14.9. The lowest BCUT2D eigenvalue weighted by molar-refractivity contribution is -0.175. The Morgan fingerprint density at radius 1 is 1.30 bits per heavy atom. The molecular formula is C17H30O3. The molecule has 20 heavy (non-hydrogen) atoms. The largest absolute Gasteiger partial charge is 0.436 e. The molecule has 0 heterocycles. The molecule has 0 radical (unpaired) electrons. The number of carbonyl (C=O) groups excluding carboxylic acids is 1. The van der Waals surface area contributed by atoms with Crippen molar-refractivity contribution >= 4 is 5.97 Å². The predicted molar refractivity (Wildman–Crippen MR) is 78.9 cm³/mol. The van der Waals surface area contributed by atoms with Gasteiger partial charge in [-0.25, -0.2) is 0 Å². The molecule has 0 aromatic rings. The van der Waals surface area contributed by atoms with Crippen LogP contribution in [0.2, 0.25) is 0 Å². The van der Waals surface area contributed by atoms with Crippen molar-refractivity contribution in [2.75, 3.05) is 0 Å². The molecule has 1 unspecified atom stereocenters. The van der Waals surface area contributed by atoms with E-state index in [-0.39, 0.29) is 5.97 Å². The molecule has 0 aromatic carbocycles. The summed E-state index contributed by atoms with van der Waals surface area (Å²) in [6.45, 7) is 8.46. The van der Waals surface area contributed by atoms with Gasteiger partial charge in [-0.3, -0.25) is 4.79 Å². The Balaban J connectivity index is 2.13. The summed E-state index contributed by atoms with van der Waals surface area (Å²) < 4.78 is 4.97. The smallest absolute Gasteiger partial charge is 0.304 e. The van der Waals surface area contributed by atoms with Crippen LogP contribution in [0, 0.1) is 29.1 Å². The Hall–Kier alpha value is -0.570. The lowest BCUT2D eigenvalue weighted by Crippen LogP contribution is -2.48. The third-order valence-electron chi connectivity index (χ3n) is 6.13. The molecule has 0 bridgehead atoms. The highest BCUT2D eigenvalue weighted by atomic mass is 16.6. The quantitative estimate of drug-likeness (QED) is 0.633. The van der Waals surface area contributed by atoms with Crippen molar-refractivity contribution in [3.8, 4) is 0 Å². The van der Waals surface area contributed by atoms with Crippen LogP contribution in [0.5, 0.6) is 0 Å². The summed E-state index contributed by atoms with van der Waals surface area (Å²) in [7, 11) is 0. The van der Waals surface area contributed by atoms with Crippen LogP contribution >= 0.6 is 0 Å². The van der Waals surface area contributed by atoms with Gasteiger partial charge in [-0.05, 0) is 41.9 Å². The fraction of sp³-hybridized carbons (Fsp3) is 0.941. The number of carbonyl (C=O) groups is 1. The van der Waals surface area contributed by atoms with E-state index >= 15 is 0 Å². The molecule has 2 fully saturated rings. The van der Waals surface area contributed by atoms with Crippen LogP contribution in [0.1, 0.15) is 66.2 Å². The van der Waals surface area contributed by atoms with Gasteiger partial charge in [0.1, 0.15) is 0 Å². The van der Waals surface area contributed by atoms with Crippen molar-refractivity contribution in [3.63, 3.8) is 0 Å². The van der Waals surface area contributed by atoms with Crippen molar-refractivity contribution in [1.29, 1.82) is 0 Å². The van der Waals surface area contributed by atoms with Crippen LogP contribution < -0.4 is 0 Å². The number of hydrogen-bond donors (Lipinski definition) is 1. The van der Waals surface area contributed by atoms with Crippen LogP contribution in [0.25, 0.3) is 0 Å². The Kier molecular flexibility index (Phi) is 4.78. The standard InChI is InChI=1S/C17H30O3/c1-11-6-5-9-17(4)14(11)8-7-12(2)15(17)10-16(19)20-13(3)18/h11-12,14-16,19H,5-10H2,1-4H3/t11-,12-,14?,15-,16+,17-/m0/s1. The predicted octanol–water partition coefficient (Wildman–Crippen LogP) is 3.75. The molecule has 2 aliphatic rings. The molecule has 2 aliphatic carbocycles. The van der Waals surface area contributed by atoms with E-state index in [1.807, 2.05) is 0 Å². The second-order valence-corrected chi connectivity index (χ2v) is 7.44. The van der Waals surface area contributed by atoms with E-state index in [1.54, 1.807) is 0 Å². The lowest BCUT2D eigenvalue weighted by atomic mass is 9.50. The van der Waals surface area contributed by atoms with Crippen LogP contribution in [-0.2, 0) is 9.53 Å².